The second-order valence-electron chi connectivity index (χ2n) is 6.28. The van der Waals surface area contributed by atoms with Crippen LogP contribution in [0.1, 0.15) is 38.1 Å². The Morgan fingerprint density at radius 2 is 2.09 bits per heavy atom. The topological polar surface area (TPSA) is 175 Å². The second kappa shape index (κ2) is 9.43. The van der Waals surface area contributed by atoms with Crippen LogP contribution < -0.4 is 16.6 Å². The minimum absolute atomic E-state index is 0.00470. The van der Waals surface area contributed by atoms with Crippen molar-refractivity contribution in [1.29, 1.82) is 5.26 Å². The Morgan fingerprint density at radius 3 is 2.72 bits per heavy atom. The van der Waals surface area contributed by atoms with Crippen molar-refractivity contribution in [3.63, 3.8) is 0 Å². The zero-order chi connectivity index (χ0) is 23.6. The monoisotopic (exact) mass is 492 g/mol. The second-order valence-corrected chi connectivity index (χ2v) is 9.57. The van der Waals surface area contributed by atoms with Crippen molar-refractivity contribution in [1.82, 2.24) is 4.98 Å². The zero-order valence-electron chi connectivity index (χ0n) is 16.7. The van der Waals surface area contributed by atoms with Crippen LogP contribution in [0.4, 0.5) is 5.00 Å². The third kappa shape index (κ3) is 4.47. The summed E-state index contributed by atoms with van der Waals surface area (Å²) in [5.74, 6) is -2.35. The Kier molecular flexibility index (Phi) is 6.87. The average molecular weight is 493 g/mol. The molecule has 0 fully saturated rings. The van der Waals surface area contributed by atoms with Gasteiger partial charge < -0.3 is 25.9 Å². The molecule has 13 heteroatoms. The van der Waals surface area contributed by atoms with Gasteiger partial charge in [0.1, 0.15) is 21.7 Å². The van der Waals surface area contributed by atoms with Gasteiger partial charge in [0.15, 0.2) is 0 Å². The van der Waals surface area contributed by atoms with Crippen molar-refractivity contribution >= 4 is 67.4 Å². The molecule has 0 atom stereocenters. The Labute approximate surface area is 193 Å². The fourth-order valence-corrected chi connectivity index (χ4v) is 6.13. The highest BCUT2D eigenvalue weighted by Gasteiger charge is 2.24. The predicted molar refractivity (Wildman–Crippen MR) is 122 cm³/mol. The van der Waals surface area contributed by atoms with Crippen molar-refractivity contribution < 1.29 is 24.2 Å². The highest BCUT2D eigenvalue weighted by Crippen LogP contribution is 2.40. The van der Waals surface area contributed by atoms with E-state index in [1.54, 1.807) is 13.8 Å². The number of nitriles is 1. The van der Waals surface area contributed by atoms with E-state index in [4.69, 9.17) is 10.5 Å². The van der Waals surface area contributed by atoms with Crippen molar-refractivity contribution in [2.45, 2.75) is 18.1 Å². The van der Waals surface area contributed by atoms with Crippen LogP contribution in [-0.2, 0) is 9.53 Å². The predicted octanol–water partition coefficient (Wildman–Crippen LogP) is 2.54. The molecule has 0 bridgehead atoms. The Morgan fingerprint density at radius 1 is 1.38 bits per heavy atom. The van der Waals surface area contributed by atoms with E-state index in [1.165, 1.54) is 0 Å². The van der Waals surface area contributed by atoms with Crippen LogP contribution in [0, 0.1) is 18.3 Å². The van der Waals surface area contributed by atoms with E-state index in [0.717, 1.165) is 40.5 Å². The Balaban J connectivity index is 1.83. The maximum Gasteiger partial charge on any atom is 0.348 e. The highest BCUT2D eigenvalue weighted by atomic mass is 32.2. The number of nitrogens with zero attached hydrogens (tertiary/aromatic N) is 1. The number of amides is 2. The molecule has 3 aromatic rings. The van der Waals surface area contributed by atoms with Gasteiger partial charge in [0.2, 0.25) is 5.91 Å². The van der Waals surface area contributed by atoms with Crippen LogP contribution >= 0.6 is 34.4 Å². The molecule has 0 radical (unpaired) electrons. The molecule has 3 heterocycles. The Hall–Kier alpha value is -3.34. The lowest BCUT2D eigenvalue weighted by Crippen LogP contribution is -2.15. The molecule has 0 spiro atoms. The van der Waals surface area contributed by atoms with E-state index in [-0.39, 0.29) is 49.3 Å². The molecule has 0 saturated heterocycles. The van der Waals surface area contributed by atoms with Crippen LogP contribution in [0.25, 0.3) is 10.2 Å². The number of nitrogens with one attached hydrogen (secondary N) is 2. The molecule has 5 N–H and O–H groups in total. The maximum atomic E-state index is 12.5. The number of carbonyl (C=O) groups is 3. The fourth-order valence-electron chi connectivity index (χ4n) is 2.81. The van der Waals surface area contributed by atoms with Crippen molar-refractivity contribution in [3.8, 4) is 11.8 Å². The summed E-state index contributed by atoms with van der Waals surface area (Å²) in [7, 11) is 0. The largest absolute Gasteiger partial charge is 0.506 e. The van der Waals surface area contributed by atoms with E-state index >= 15 is 0 Å². The van der Waals surface area contributed by atoms with E-state index in [1.807, 2.05) is 6.07 Å². The van der Waals surface area contributed by atoms with Gasteiger partial charge in [-0.1, -0.05) is 0 Å². The number of esters is 1. The van der Waals surface area contributed by atoms with Crippen LogP contribution in [0.2, 0.25) is 0 Å². The van der Waals surface area contributed by atoms with Crippen LogP contribution in [0.15, 0.2) is 15.1 Å². The first-order valence-electron chi connectivity index (χ1n) is 8.99. The molecule has 32 heavy (non-hydrogen) atoms. The van der Waals surface area contributed by atoms with Crippen molar-refractivity contribution in [3.05, 3.63) is 38.0 Å². The van der Waals surface area contributed by atoms with Gasteiger partial charge in [0.25, 0.3) is 11.5 Å². The summed E-state index contributed by atoms with van der Waals surface area (Å²) in [6.45, 7) is 3.43. The normalized spacial score (nSPS) is 10.7. The molecule has 0 unspecified atom stereocenters. The number of thiophene rings is 2. The third-order valence-corrected chi connectivity index (χ3v) is 7.85. The number of primary amides is 1. The quantitative estimate of drug-likeness (QED) is 0.287. The summed E-state index contributed by atoms with van der Waals surface area (Å²) < 4.78 is 5.58. The number of rotatable bonds is 7. The molecule has 0 aromatic carbocycles. The molecule has 0 aliphatic rings. The van der Waals surface area contributed by atoms with Crippen molar-refractivity contribution in [2.75, 3.05) is 17.7 Å². The smallest absolute Gasteiger partial charge is 0.348 e. The number of aromatic amines is 1. The summed E-state index contributed by atoms with van der Waals surface area (Å²) in [5, 5.41) is 22.2. The maximum absolute atomic E-state index is 12.5. The van der Waals surface area contributed by atoms with E-state index < -0.39 is 23.3 Å². The third-order valence-electron chi connectivity index (χ3n) is 4.18. The Bertz CT molecular complexity index is 1350. The number of nitrogens with two attached hydrogens (primary N) is 1. The van der Waals surface area contributed by atoms with Gasteiger partial charge in [-0.15, -0.1) is 34.4 Å². The highest BCUT2D eigenvalue weighted by molar-refractivity contribution is 8.02. The lowest BCUT2D eigenvalue weighted by atomic mass is 10.2. The molecular weight excluding hydrogens is 476 g/mol. The minimum Gasteiger partial charge on any atom is -0.506 e. The van der Waals surface area contributed by atoms with Gasteiger partial charge in [0.05, 0.1) is 37.9 Å². The number of anilines is 1. The van der Waals surface area contributed by atoms with Crippen molar-refractivity contribution in [2.24, 2.45) is 5.73 Å². The SMILES string of the molecule is CCOC(=O)c1sc(NC(=O)CSc2sc3c(O)cc(=O)[nH]c3c2C(N)=O)c(C#N)c1C. The summed E-state index contributed by atoms with van der Waals surface area (Å²) in [6, 6.07) is 2.95. The minimum atomic E-state index is -0.819. The van der Waals surface area contributed by atoms with E-state index in [2.05, 4.69) is 10.3 Å². The van der Waals surface area contributed by atoms with Crippen LogP contribution in [0.5, 0.6) is 5.75 Å². The number of hydrogen-bond donors (Lipinski definition) is 4. The summed E-state index contributed by atoms with van der Waals surface area (Å²) in [5.41, 5.74) is 5.53. The molecule has 2 amide bonds. The van der Waals surface area contributed by atoms with Gasteiger partial charge in [-0.05, 0) is 19.4 Å². The molecule has 0 aliphatic heterocycles. The van der Waals surface area contributed by atoms with Crippen LogP contribution in [-0.4, -0.2) is 40.2 Å². The number of fused-ring (bicyclic) bond motifs is 1. The van der Waals surface area contributed by atoms with Gasteiger partial charge in [0, 0.05) is 6.07 Å². The number of ether oxygens (including phenoxy) is 1. The van der Waals surface area contributed by atoms with E-state index in [0.29, 0.717) is 9.77 Å². The lowest BCUT2D eigenvalue weighted by Gasteiger charge is -2.03. The number of thioether (sulfide) groups is 1. The molecule has 3 aromatic heterocycles. The lowest BCUT2D eigenvalue weighted by molar-refractivity contribution is -0.113. The van der Waals surface area contributed by atoms with Crippen LogP contribution in [0.3, 0.4) is 0 Å². The molecular formula is C19H16N4O6S3. The summed E-state index contributed by atoms with van der Waals surface area (Å²) in [4.78, 5) is 50.9. The molecule has 10 nitrogen and oxygen atoms in total. The number of carbonyl (C=O) groups excluding carboxylic acids is 3. The first-order valence-corrected chi connectivity index (χ1v) is 11.6. The van der Waals surface area contributed by atoms with Gasteiger partial charge in [-0.25, -0.2) is 4.79 Å². The average Bonchev–Trinajstić information content (AvgIpc) is 3.24. The van der Waals surface area contributed by atoms with Gasteiger partial charge in [-0.3, -0.25) is 14.4 Å². The first kappa shape index (κ1) is 23.3. The van der Waals surface area contributed by atoms with Gasteiger partial charge >= 0.3 is 5.97 Å². The summed E-state index contributed by atoms with van der Waals surface area (Å²) >= 11 is 2.94. The summed E-state index contributed by atoms with van der Waals surface area (Å²) in [6.07, 6.45) is 0. The molecule has 166 valence electrons. The number of pyridine rings is 1. The standard InChI is InChI=1S/C19H16N4O6S3/c1-3-29-18(28)14-7(2)8(5-20)17(31-14)23-11(26)6-30-19-12(16(21)27)13-15(32-19)9(24)4-10(25)22-13/h4H,3,6H2,1-2H3,(H2,21,27)(H,23,26)(H2,22,24,25). The van der Waals surface area contributed by atoms with E-state index in [9.17, 15) is 29.5 Å². The van der Waals surface area contributed by atoms with Gasteiger partial charge in [-0.2, -0.15) is 5.26 Å². The number of aromatic nitrogens is 1. The molecule has 0 aliphatic carbocycles. The first-order chi connectivity index (χ1) is 15.2. The molecule has 0 saturated carbocycles. The number of H-pyrrole nitrogens is 1. The fraction of sp³-hybridized carbons (Fsp3) is 0.211. The number of hydrogen-bond acceptors (Lipinski definition) is 10. The zero-order valence-corrected chi connectivity index (χ0v) is 19.2. The number of aromatic hydroxyl groups is 1. The molecule has 3 rings (SSSR count).